The van der Waals surface area contributed by atoms with E-state index >= 15 is 0 Å². The van der Waals surface area contributed by atoms with Gasteiger partial charge in [0.2, 0.25) is 17.7 Å². The van der Waals surface area contributed by atoms with Crippen LogP contribution < -0.4 is 15.4 Å². The average Bonchev–Trinajstić information content (AvgIpc) is 3.31. The predicted molar refractivity (Wildman–Crippen MR) is 106 cm³/mol. The fraction of sp³-hybridized carbons (Fsp3) is 0.0526. The lowest BCUT2D eigenvalue weighted by Gasteiger charge is -2.10. The summed E-state index contributed by atoms with van der Waals surface area (Å²) in [6.07, 6.45) is 4.78. The highest BCUT2D eigenvalue weighted by Gasteiger charge is 2.12. The van der Waals surface area contributed by atoms with Crippen molar-refractivity contribution in [1.29, 1.82) is 0 Å². The van der Waals surface area contributed by atoms with Crippen LogP contribution in [0.5, 0.6) is 11.6 Å². The van der Waals surface area contributed by atoms with E-state index in [-0.39, 0.29) is 5.91 Å². The summed E-state index contributed by atoms with van der Waals surface area (Å²) in [4.78, 5) is 23.5. The largest absolute Gasteiger partial charge is 0.438 e. The van der Waals surface area contributed by atoms with Crippen molar-refractivity contribution in [1.82, 2.24) is 24.7 Å². The fourth-order valence-electron chi connectivity index (χ4n) is 2.59. The van der Waals surface area contributed by atoms with Gasteiger partial charge in [-0.2, -0.15) is 15.1 Å². The molecule has 0 unspecified atom stereocenters. The van der Waals surface area contributed by atoms with Crippen molar-refractivity contribution in [3.05, 3.63) is 61.4 Å². The Kier molecular flexibility index (Phi) is 4.47. The van der Waals surface area contributed by atoms with E-state index < -0.39 is 0 Å². The van der Waals surface area contributed by atoms with E-state index in [2.05, 4.69) is 37.3 Å². The van der Waals surface area contributed by atoms with E-state index in [0.717, 1.165) is 5.39 Å². The van der Waals surface area contributed by atoms with Crippen molar-refractivity contribution >= 4 is 34.4 Å². The van der Waals surface area contributed by atoms with Crippen LogP contribution in [-0.2, 0) is 11.8 Å². The number of anilines is 3. The SMILES string of the molecule is C=CC(=O)Nc1cccc(Oc2nc(Nc3ccn(C)n3)nc3[nH]ccc23)c1. The van der Waals surface area contributed by atoms with E-state index in [1.165, 1.54) is 6.08 Å². The van der Waals surface area contributed by atoms with E-state index in [4.69, 9.17) is 4.74 Å². The molecule has 0 aliphatic carbocycles. The van der Waals surface area contributed by atoms with Crippen LogP contribution in [0.25, 0.3) is 11.0 Å². The molecule has 4 aromatic rings. The Hall–Kier alpha value is -4.14. The van der Waals surface area contributed by atoms with E-state index in [1.807, 2.05) is 25.4 Å². The number of hydrogen-bond donors (Lipinski definition) is 3. The van der Waals surface area contributed by atoms with Gasteiger partial charge in [0.25, 0.3) is 0 Å². The highest BCUT2D eigenvalue weighted by Crippen LogP contribution is 2.30. The summed E-state index contributed by atoms with van der Waals surface area (Å²) in [7, 11) is 1.83. The molecule has 1 amide bonds. The number of nitrogens with one attached hydrogen (secondary N) is 3. The number of nitrogens with zero attached hydrogens (tertiary/aromatic N) is 4. The summed E-state index contributed by atoms with van der Waals surface area (Å²) in [5, 5.41) is 10.7. The number of aryl methyl sites for hydroxylation is 1. The molecule has 3 heterocycles. The number of carbonyl (C=O) groups excluding carboxylic acids is 1. The molecule has 0 bridgehead atoms. The molecule has 9 nitrogen and oxygen atoms in total. The first-order valence-electron chi connectivity index (χ1n) is 8.44. The van der Waals surface area contributed by atoms with Gasteiger partial charge >= 0.3 is 0 Å². The highest BCUT2D eigenvalue weighted by atomic mass is 16.5. The third-order valence-electron chi connectivity index (χ3n) is 3.84. The molecular weight excluding hydrogens is 358 g/mol. The lowest BCUT2D eigenvalue weighted by atomic mass is 10.3. The van der Waals surface area contributed by atoms with Gasteiger partial charge < -0.3 is 20.4 Å². The highest BCUT2D eigenvalue weighted by molar-refractivity contribution is 5.99. The molecule has 9 heteroatoms. The van der Waals surface area contributed by atoms with Gasteiger partial charge in [-0.05, 0) is 24.3 Å². The number of carbonyl (C=O) groups is 1. The quantitative estimate of drug-likeness (QED) is 0.446. The molecular formula is C19H17N7O2. The molecule has 0 saturated carbocycles. The van der Waals surface area contributed by atoms with Crippen LogP contribution in [0.4, 0.5) is 17.5 Å². The van der Waals surface area contributed by atoms with Gasteiger partial charge in [-0.25, -0.2) is 0 Å². The van der Waals surface area contributed by atoms with Crippen LogP contribution in [0.1, 0.15) is 0 Å². The van der Waals surface area contributed by atoms with Gasteiger partial charge in [-0.3, -0.25) is 9.48 Å². The van der Waals surface area contributed by atoms with E-state index in [0.29, 0.717) is 34.7 Å². The average molecular weight is 375 g/mol. The van der Waals surface area contributed by atoms with Gasteiger partial charge in [0, 0.05) is 37.3 Å². The monoisotopic (exact) mass is 375 g/mol. The number of rotatable bonds is 6. The molecule has 140 valence electrons. The maximum absolute atomic E-state index is 11.5. The van der Waals surface area contributed by atoms with Gasteiger partial charge in [0.05, 0.1) is 5.39 Å². The smallest absolute Gasteiger partial charge is 0.247 e. The minimum Gasteiger partial charge on any atom is -0.438 e. The lowest BCUT2D eigenvalue weighted by molar-refractivity contribution is -0.111. The van der Waals surface area contributed by atoms with Crippen LogP contribution in [-0.4, -0.2) is 30.6 Å². The first-order chi connectivity index (χ1) is 13.6. The second-order valence-electron chi connectivity index (χ2n) is 5.92. The summed E-state index contributed by atoms with van der Waals surface area (Å²) in [6.45, 7) is 3.44. The van der Waals surface area contributed by atoms with Crippen LogP contribution in [0.3, 0.4) is 0 Å². The minimum atomic E-state index is -0.297. The Morgan fingerprint density at radius 2 is 2.18 bits per heavy atom. The van der Waals surface area contributed by atoms with Gasteiger partial charge in [0.1, 0.15) is 11.4 Å². The molecule has 0 aliphatic rings. The van der Waals surface area contributed by atoms with Crippen molar-refractivity contribution < 1.29 is 9.53 Å². The molecule has 1 aromatic carbocycles. The van der Waals surface area contributed by atoms with E-state index in [1.54, 1.807) is 35.1 Å². The summed E-state index contributed by atoms with van der Waals surface area (Å²) in [5.74, 6) is 1.56. The number of aromatic nitrogens is 5. The molecule has 28 heavy (non-hydrogen) atoms. The zero-order valence-electron chi connectivity index (χ0n) is 15.0. The molecule has 0 saturated heterocycles. The van der Waals surface area contributed by atoms with Gasteiger partial charge in [-0.1, -0.05) is 12.6 Å². The lowest BCUT2D eigenvalue weighted by Crippen LogP contribution is -2.07. The normalized spacial score (nSPS) is 10.6. The first-order valence-corrected chi connectivity index (χ1v) is 8.44. The fourth-order valence-corrected chi connectivity index (χ4v) is 2.59. The summed E-state index contributed by atoms with van der Waals surface area (Å²) < 4.78 is 7.65. The van der Waals surface area contributed by atoms with E-state index in [9.17, 15) is 4.79 Å². The second-order valence-corrected chi connectivity index (χ2v) is 5.92. The number of ether oxygens (including phenoxy) is 1. The van der Waals surface area contributed by atoms with Gasteiger partial charge in [0.15, 0.2) is 5.82 Å². The van der Waals surface area contributed by atoms with Crippen LogP contribution in [0.2, 0.25) is 0 Å². The third kappa shape index (κ3) is 3.68. The topological polar surface area (TPSA) is 110 Å². The molecule has 0 radical (unpaired) electrons. The molecule has 4 rings (SSSR count). The number of aromatic amines is 1. The predicted octanol–water partition coefficient (Wildman–Crippen LogP) is 3.35. The van der Waals surface area contributed by atoms with Crippen molar-refractivity contribution in [3.8, 4) is 11.6 Å². The molecule has 0 atom stereocenters. The molecule has 0 aliphatic heterocycles. The van der Waals surface area contributed by atoms with Crippen LogP contribution >= 0.6 is 0 Å². The van der Waals surface area contributed by atoms with Crippen molar-refractivity contribution in [2.75, 3.05) is 10.6 Å². The summed E-state index contributed by atoms with van der Waals surface area (Å²) in [5.41, 5.74) is 1.22. The Bertz CT molecular complexity index is 1160. The second kappa shape index (κ2) is 7.23. The molecule has 3 aromatic heterocycles. The van der Waals surface area contributed by atoms with Gasteiger partial charge in [-0.15, -0.1) is 0 Å². The number of benzene rings is 1. The molecule has 0 fully saturated rings. The molecule has 3 N–H and O–H groups in total. The third-order valence-corrected chi connectivity index (χ3v) is 3.84. The maximum atomic E-state index is 11.5. The van der Waals surface area contributed by atoms with Crippen molar-refractivity contribution in [2.24, 2.45) is 7.05 Å². The zero-order valence-corrected chi connectivity index (χ0v) is 15.0. The number of amides is 1. The Labute approximate surface area is 160 Å². The maximum Gasteiger partial charge on any atom is 0.247 e. The minimum absolute atomic E-state index is 0.297. The summed E-state index contributed by atoms with van der Waals surface area (Å²) >= 11 is 0. The summed E-state index contributed by atoms with van der Waals surface area (Å²) in [6, 6.07) is 10.7. The van der Waals surface area contributed by atoms with Crippen molar-refractivity contribution in [2.45, 2.75) is 0 Å². The Morgan fingerprint density at radius 3 is 2.96 bits per heavy atom. The van der Waals surface area contributed by atoms with Crippen LogP contribution in [0.15, 0.2) is 61.4 Å². The Balaban J connectivity index is 1.64. The van der Waals surface area contributed by atoms with Crippen molar-refractivity contribution in [3.63, 3.8) is 0 Å². The molecule has 0 spiro atoms. The zero-order chi connectivity index (χ0) is 19.5. The number of fused-ring (bicyclic) bond motifs is 1. The Morgan fingerprint density at radius 1 is 1.29 bits per heavy atom. The first kappa shape index (κ1) is 17.3. The standard InChI is InChI=1S/C19H17N7O2/c1-3-16(27)21-12-5-4-6-13(11-12)28-18-14-7-9-20-17(14)23-19(24-18)22-15-8-10-26(2)25-15/h3-11H,1H2,2H3,(H,21,27)(H2,20,22,23,24,25). The number of H-pyrrole nitrogens is 1. The van der Waals surface area contributed by atoms with Crippen LogP contribution in [0, 0.1) is 0 Å². The number of hydrogen-bond acceptors (Lipinski definition) is 6.